The van der Waals surface area contributed by atoms with Gasteiger partial charge in [-0.3, -0.25) is 4.79 Å². The van der Waals surface area contributed by atoms with Crippen LogP contribution in [-0.2, 0) is 4.79 Å². The first-order chi connectivity index (χ1) is 15.3. The van der Waals surface area contributed by atoms with Crippen LogP contribution < -0.4 is 14.4 Å². The van der Waals surface area contributed by atoms with Crippen molar-refractivity contribution in [2.24, 2.45) is 0 Å². The fourth-order valence-electron chi connectivity index (χ4n) is 3.40. The molecule has 7 nitrogen and oxygen atoms in total. The number of nitrogens with zero attached hydrogens (tertiary/aromatic N) is 4. The number of carbonyl (C=O) groups is 1. The molecule has 2 aromatic rings. The zero-order valence-electron chi connectivity index (χ0n) is 18.7. The molecule has 0 N–H and O–H groups in total. The highest BCUT2D eigenvalue weighted by molar-refractivity contribution is 5.92. The van der Waals surface area contributed by atoms with E-state index in [1.54, 1.807) is 23.1 Å². The van der Waals surface area contributed by atoms with Gasteiger partial charge in [-0.2, -0.15) is 8.78 Å². The van der Waals surface area contributed by atoms with Crippen LogP contribution in [0.3, 0.4) is 0 Å². The van der Waals surface area contributed by atoms with Crippen LogP contribution in [0.1, 0.15) is 36.8 Å². The van der Waals surface area contributed by atoms with E-state index in [0.29, 0.717) is 31.7 Å². The average Bonchev–Trinajstić information content (AvgIpc) is 2.77. The molecule has 1 aromatic carbocycles. The van der Waals surface area contributed by atoms with Crippen LogP contribution in [-0.4, -0.2) is 60.7 Å². The maximum atomic E-state index is 12.6. The highest BCUT2D eigenvalue weighted by atomic mass is 19.3. The first-order valence-corrected chi connectivity index (χ1v) is 10.5. The number of amides is 1. The Morgan fingerprint density at radius 3 is 2.44 bits per heavy atom. The van der Waals surface area contributed by atoms with Crippen molar-refractivity contribution in [2.45, 2.75) is 33.3 Å². The lowest BCUT2D eigenvalue weighted by molar-refractivity contribution is -0.126. The number of aromatic nitrogens is 2. The number of hydrogen-bond donors (Lipinski definition) is 0. The largest absolute Gasteiger partial charge is 0.493 e. The van der Waals surface area contributed by atoms with Gasteiger partial charge < -0.3 is 19.3 Å². The van der Waals surface area contributed by atoms with Crippen molar-refractivity contribution >= 4 is 17.8 Å². The first-order valence-electron chi connectivity index (χ1n) is 10.5. The predicted molar refractivity (Wildman–Crippen MR) is 118 cm³/mol. The fraction of sp³-hybridized carbons (Fsp3) is 0.435. The first kappa shape index (κ1) is 23.4. The second kappa shape index (κ2) is 10.4. The van der Waals surface area contributed by atoms with Gasteiger partial charge in [0.15, 0.2) is 11.5 Å². The summed E-state index contributed by atoms with van der Waals surface area (Å²) in [5.41, 5.74) is 1.58. The van der Waals surface area contributed by atoms with E-state index in [2.05, 4.69) is 33.5 Å². The van der Waals surface area contributed by atoms with E-state index in [0.717, 1.165) is 17.3 Å². The smallest absolute Gasteiger partial charge is 0.387 e. The highest BCUT2D eigenvalue weighted by Crippen LogP contribution is 2.30. The Hall–Kier alpha value is -3.23. The van der Waals surface area contributed by atoms with Gasteiger partial charge in [-0.05, 0) is 30.7 Å². The minimum absolute atomic E-state index is 0.0531. The van der Waals surface area contributed by atoms with Crippen LogP contribution in [0.2, 0.25) is 0 Å². The number of anilines is 1. The predicted octanol–water partition coefficient (Wildman–Crippen LogP) is 3.88. The molecule has 2 heterocycles. The van der Waals surface area contributed by atoms with E-state index in [1.807, 2.05) is 13.0 Å². The SMILES string of the molecule is COc1cc(/C=C/C(=O)N2CCN(c3cc(C)nc(C(C)C)n3)CC2)ccc1OC(F)F. The van der Waals surface area contributed by atoms with Crippen molar-refractivity contribution in [1.29, 1.82) is 0 Å². The Morgan fingerprint density at radius 1 is 1.09 bits per heavy atom. The molecule has 1 aliphatic rings. The normalized spacial score (nSPS) is 14.5. The molecule has 1 fully saturated rings. The molecule has 0 bridgehead atoms. The van der Waals surface area contributed by atoms with Crippen LogP contribution in [0.5, 0.6) is 11.5 Å². The molecule has 1 amide bonds. The monoisotopic (exact) mass is 446 g/mol. The third-order valence-corrected chi connectivity index (χ3v) is 5.11. The lowest BCUT2D eigenvalue weighted by Gasteiger charge is -2.35. The molecule has 1 saturated heterocycles. The number of hydrogen-bond acceptors (Lipinski definition) is 6. The van der Waals surface area contributed by atoms with Crippen molar-refractivity contribution in [3.63, 3.8) is 0 Å². The van der Waals surface area contributed by atoms with Crippen LogP contribution >= 0.6 is 0 Å². The van der Waals surface area contributed by atoms with Gasteiger partial charge in [0, 0.05) is 49.9 Å². The summed E-state index contributed by atoms with van der Waals surface area (Å²) in [6.45, 7) is 5.67. The summed E-state index contributed by atoms with van der Waals surface area (Å²) in [4.78, 5) is 25.7. The second-order valence-corrected chi connectivity index (χ2v) is 7.81. The van der Waals surface area contributed by atoms with E-state index < -0.39 is 6.61 Å². The van der Waals surface area contributed by atoms with Gasteiger partial charge in [-0.15, -0.1) is 0 Å². The quantitative estimate of drug-likeness (QED) is 0.602. The van der Waals surface area contributed by atoms with Crippen LogP contribution in [0, 0.1) is 6.92 Å². The highest BCUT2D eigenvalue weighted by Gasteiger charge is 2.21. The lowest BCUT2D eigenvalue weighted by Crippen LogP contribution is -2.48. The second-order valence-electron chi connectivity index (χ2n) is 7.81. The average molecular weight is 446 g/mol. The molecule has 0 spiro atoms. The van der Waals surface area contributed by atoms with Gasteiger partial charge in [0.1, 0.15) is 11.6 Å². The van der Waals surface area contributed by atoms with Crippen LogP contribution in [0.15, 0.2) is 30.3 Å². The summed E-state index contributed by atoms with van der Waals surface area (Å²) in [5.74, 6) is 1.97. The van der Waals surface area contributed by atoms with Crippen LogP contribution in [0.4, 0.5) is 14.6 Å². The molecule has 0 atom stereocenters. The number of piperazine rings is 1. The van der Waals surface area contributed by atoms with Crippen molar-refractivity contribution < 1.29 is 23.0 Å². The van der Waals surface area contributed by atoms with E-state index in [9.17, 15) is 13.6 Å². The minimum atomic E-state index is -2.94. The zero-order chi connectivity index (χ0) is 23.3. The molecule has 0 saturated carbocycles. The number of alkyl halides is 2. The Kier molecular flexibility index (Phi) is 7.61. The Labute approximate surface area is 186 Å². The number of methoxy groups -OCH3 is 1. The van der Waals surface area contributed by atoms with Gasteiger partial charge in [0.25, 0.3) is 0 Å². The van der Waals surface area contributed by atoms with E-state index in [1.165, 1.54) is 19.3 Å². The molecule has 1 aliphatic heterocycles. The fourth-order valence-corrected chi connectivity index (χ4v) is 3.40. The number of rotatable bonds is 7. The molecule has 32 heavy (non-hydrogen) atoms. The van der Waals surface area contributed by atoms with Crippen LogP contribution in [0.25, 0.3) is 6.08 Å². The van der Waals surface area contributed by atoms with Gasteiger partial charge in [0.2, 0.25) is 5.91 Å². The van der Waals surface area contributed by atoms with Gasteiger partial charge in [0.05, 0.1) is 7.11 Å². The number of benzene rings is 1. The summed E-state index contributed by atoms with van der Waals surface area (Å²) in [6, 6.07) is 6.50. The Bertz CT molecular complexity index is 974. The maximum absolute atomic E-state index is 12.6. The molecule has 3 rings (SSSR count). The van der Waals surface area contributed by atoms with Gasteiger partial charge >= 0.3 is 6.61 Å². The Morgan fingerprint density at radius 2 is 1.81 bits per heavy atom. The molecule has 9 heteroatoms. The molecule has 0 unspecified atom stereocenters. The summed E-state index contributed by atoms with van der Waals surface area (Å²) >= 11 is 0. The third-order valence-electron chi connectivity index (χ3n) is 5.11. The van der Waals surface area contributed by atoms with E-state index in [-0.39, 0.29) is 23.3 Å². The molecule has 0 radical (unpaired) electrons. The minimum Gasteiger partial charge on any atom is -0.493 e. The summed E-state index contributed by atoms with van der Waals surface area (Å²) in [6.07, 6.45) is 3.11. The van der Waals surface area contributed by atoms with Gasteiger partial charge in [-0.1, -0.05) is 19.9 Å². The molecule has 0 aliphatic carbocycles. The number of halogens is 2. The van der Waals surface area contributed by atoms with Crippen molar-refractivity contribution in [3.8, 4) is 11.5 Å². The summed E-state index contributed by atoms with van der Waals surface area (Å²) < 4.78 is 34.4. The Balaban J connectivity index is 1.61. The third kappa shape index (κ3) is 5.93. The molecular formula is C23H28F2N4O3. The van der Waals surface area contributed by atoms with Gasteiger partial charge in [-0.25, -0.2) is 9.97 Å². The lowest BCUT2D eigenvalue weighted by atomic mass is 10.2. The molecule has 1 aromatic heterocycles. The standard InChI is InChI=1S/C23H28F2N4O3/c1-15(2)22-26-16(3)13-20(27-22)28-9-11-29(12-10-28)21(30)8-6-17-5-7-18(32-23(24)25)19(14-17)31-4/h5-8,13-15,23H,9-12H2,1-4H3/b8-6+. The molecule has 172 valence electrons. The number of carbonyl (C=O) groups excluding carboxylic acids is 1. The number of ether oxygens (including phenoxy) is 2. The topological polar surface area (TPSA) is 67.8 Å². The summed E-state index contributed by atoms with van der Waals surface area (Å²) in [7, 11) is 1.37. The van der Waals surface area contributed by atoms with E-state index in [4.69, 9.17) is 4.74 Å². The maximum Gasteiger partial charge on any atom is 0.387 e. The van der Waals surface area contributed by atoms with E-state index >= 15 is 0 Å². The van der Waals surface area contributed by atoms with Crippen molar-refractivity contribution in [1.82, 2.24) is 14.9 Å². The van der Waals surface area contributed by atoms with Crippen molar-refractivity contribution in [2.75, 3.05) is 38.2 Å². The summed E-state index contributed by atoms with van der Waals surface area (Å²) in [5, 5.41) is 0. The number of aryl methyl sites for hydroxylation is 1. The molecular weight excluding hydrogens is 418 g/mol. The van der Waals surface area contributed by atoms with Crippen molar-refractivity contribution in [3.05, 3.63) is 47.4 Å². The zero-order valence-corrected chi connectivity index (χ0v) is 18.7.